The predicted octanol–water partition coefficient (Wildman–Crippen LogP) is 3.97. The maximum Gasteiger partial charge on any atom is 0.322 e. The third-order valence-corrected chi connectivity index (χ3v) is 3.94. The summed E-state index contributed by atoms with van der Waals surface area (Å²) >= 11 is 11.7. The molecule has 0 fully saturated rings. The Kier molecular flexibility index (Phi) is 6.23. The summed E-state index contributed by atoms with van der Waals surface area (Å²) in [4.78, 5) is 25.3. The van der Waals surface area contributed by atoms with Crippen molar-refractivity contribution in [2.45, 2.75) is 0 Å². The first-order chi connectivity index (χ1) is 11.9. The van der Waals surface area contributed by atoms with Gasteiger partial charge in [0.05, 0.1) is 21.7 Å². The van der Waals surface area contributed by atoms with E-state index < -0.39 is 6.03 Å². The zero-order chi connectivity index (χ0) is 18.4. The fourth-order valence-corrected chi connectivity index (χ4v) is 2.21. The molecule has 0 spiro atoms. The minimum atomic E-state index is -0.450. The minimum absolute atomic E-state index is 0.150. The van der Waals surface area contributed by atoms with Crippen molar-refractivity contribution in [3.63, 3.8) is 0 Å². The standard InChI is InChI=1S/C17H14Cl2N4O2/c1-23(17(25)22-12-4-2-11(9-20)3-5-12)10-16(24)21-13-6-7-14(18)15(19)8-13/h2-8H,10H2,1H3,(H,21,24)(H,22,25). The van der Waals surface area contributed by atoms with Crippen molar-refractivity contribution in [1.82, 2.24) is 4.90 Å². The molecule has 0 aliphatic heterocycles. The van der Waals surface area contributed by atoms with Crippen molar-refractivity contribution in [2.75, 3.05) is 24.2 Å². The summed E-state index contributed by atoms with van der Waals surface area (Å²) in [6, 6.07) is 12.7. The average molecular weight is 377 g/mol. The molecule has 2 aromatic rings. The summed E-state index contributed by atoms with van der Waals surface area (Å²) in [6.07, 6.45) is 0. The van der Waals surface area contributed by atoms with Crippen LogP contribution in [-0.2, 0) is 4.79 Å². The number of carbonyl (C=O) groups is 2. The Bertz CT molecular complexity index is 832. The van der Waals surface area contributed by atoms with Crippen LogP contribution in [0.2, 0.25) is 10.0 Å². The molecule has 2 N–H and O–H groups in total. The number of likely N-dealkylation sites (N-methyl/N-ethyl adjacent to an activating group) is 1. The molecular formula is C17H14Cl2N4O2. The highest BCUT2D eigenvalue weighted by Crippen LogP contribution is 2.24. The van der Waals surface area contributed by atoms with Crippen molar-refractivity contribution >= 4 is 46.5 Å². The van der Waals surface area contributed by atoms with Crippen LogP contribution in [0.25, 0.3) is 0 Å². The molecule has 0 heterocycles. The lowest BCUT2D eigenvalue weighted by Gasteiger charge is -2.17. The number of hydrogen-bond acceptors (Lipinski definition) is 3. The SMILES string of the molecule is CN(CC(=O)Nc1ccc(Cl)c(Cl)c1)C(=O)Nc1ccc(C#N)cc1. The molecule has 6 nitrogen and oxygen atoms in total. The van der Waals surface area contributed by atoms with Crippen LogP contribution in [0.1, 0.15) is 5.56 Å². The van der Waals surface area contributed by atoms with Gasteiger partial charge in [-0.05, 0) is 42.5 Å². The maximum absolute atomic E-state index is 12.1. The fraction of sp³-hybridized carbons (Fsp3) is 0.118. The van der Waals surface area contributed by atoms with E-state index in [1.807, 2.05) is 6.07 Å². The van der Waals surface area contributed by atoms with Gasteiger partial charge < -0.3 is 15.5 Å². The predicted molar refractivity (Wildman–Crippen MR) is 97.9 cm³/mol. The number of anilines is 2. The molecule has 25 heavy (non-hydrogen) atoms. The van der Waals surface area contributed by atoms with E-state index in [4.69, 9.17) is 28.5 Å². The highest BCUT2D eigenvalue weighted by atomic mass is 35.5. The molecule has 0 atom stereocenters. The van der Waals surface area contributed by atoms with E-state index in [1.54, 1.807) is 36.4 Å². The lowest BCUT2D eigenvalue weighted by atomic mass is 10.2. The van der Waals surface area contributed by atoms with Crippen LogP contribution >= 0.6 is 23.2 Å². The van der Waals surface area contributed by atoms with Crippen LogP contribution < -0.4 is 10.6 Å². The molecule has 0 saturated heterocycles. The smallest absolute Gasteiger partial charge is 0.322 e. The molecule has 8 heteroatoms. The molecule has 0 saturated carbocycles. The van der Waals surface area contributed by atoms with E-state index in [1.165, 1.54) is 18.0 Å². The van der Waals surface area contributed by atoms with E-state index in [2.05, 4.69) is 10.6 Å². The number of hydrogen-bond donors (Lipinski definition) is 2. The van der Waals surface area contributed by atoms with Gasteiger partial charge >= 0.3 is 6.03 Å². The lowest BCUT2D eigenvalue weighted by Crippen LogP contribution is -2.37. The molecule has 0 aliphatic carbocycles. The number of benzene rings is 2. The highest BCUT2D eigenvalue weighted by Gasteiger charge is 2.13. The number of nitriles is 1. The van der Waals surface area contributed by atoms with Crippen LogP contribution in [0.3, 0.4) is 0 Å². The average Bonchev–Trinajstić information content (AvgIpc) is 2.58. The number of nitrogens with zero attached hydrogens (tertiary/aromatic N) is 2. The Hall–Kier alpha value is -2.75. The van der Waals surface area contributed by atoms with E-state index >= 15 is 0 Å². The van der Waals surface area contributed by atoms with Crippen LogP contribution in [0.4, 0.5) is 16.2 Å². The normalized spacial score (nSPS) is 9.84. The molecule has 2 aromatic carbocycles. The quantitative estimate of drug-likeness (QED) is 0.846. The molecular weight excluding hydrogens is 363 g/mol. The van der Waals surface area contributed by atoms with Gasteiger partial charge in [-0.1, -0.05) is 23.2 Å². The fourth-order valence-electron chi connectivity index (χ4n) is 1.91. The zero-order valence-corrected chi connectivity index (χ0v) is 14.7. The van der Waals surface area contributed by atoms with Gasteiger partial charge in [0.15, 0.2) is 0 Å². The Balaban J connectivity index is 1.89. The second-order valence-electron chi connectivity index (χ2n) is 5.15. The summed E-state index contributed by atoms with van der Waals surface area (Å²) in [5.74, 6) is -0.379. The van der Waals surface area contributed by atoms with E-state index in [0.717, 1.165) is 0 Å². The van der Waals surface area contributed by atoms with Crippen LogP contribution in [0.15, 0.2) is 42.5 Å². The molecule has 0 aliphatic rings. The Labute approximate surface area is 154 Å². The first kappa shape index (κ1) is 18.6. The molecule has 3 amide bonds. The van der Waals surface area contributed by atoms with Gasteiger partial charge in [0.25, 0.3) is 0 Å². The molecule has 0 bridgehead atoms. The van der Waals surface area contributed by atoms with Crippen LogP contribution in [0, 0.1) is 11.3 Å². The second kappa shape index (κ2) is 8.38. The first-order valence-electron chi connectivity index (χ1n) is 7.16. The molecule has 128 valence electrons. The zero-order valence-electron chi connectivity index (χ0n) is 13.2. The van der Waals surface area contributed by atoms with Gasteiger partial charge in [-0.3, -0.25) is 4.79 Å². The second-order valence-corrected chi connectivity index (χ2v) is 5.97. The van der Waals surface area contributed by atoms with Crippen LogP contribution in [0.5, 0.6) is 0 Å². The first-order valence-corrected chi connectivity index (χ1v) is 7.92. The molecule has 0 radical (unpaired) electrons. The molecule has 0 unspecified atom stereocenters. The van der Waals surface area contributed by atoms with Gasteiger partial charge in [0.2, 0.25) is 5.91 Å². The van der Waals surface area contributed by atoms with Crippen LogP contribution in [-0.4, -0.2) is 30.4 Å². The van der Waals surface area contributed by atoms with E-state index in [-0.39, 0.29) is 12.5 Å². The number of carbonyl (C=O) groups excluding carboxylic acids is 2. The number of halogens is 2. The number of rotatable bonds is 4. The number of amides is 3. The lowest BCUT2D eigenvalue weighted by molar-refractivity contribution is -0.116. The number of urea groups is 1. The Morgan fingerprint density at radius 2 is 1.68 bits per heavy atom. The summed E-state index contributed by atoms with van der Waals surface area (Å²) < 4.78 is 0. The van der Waals surface area contributed by atoms with Gasteiger partial charge in [0.1, 0.15) is 6.54 Å². The Morgan fingerprint density at radius 1 is 1.04 bits per heavy atom. The maximum atomic E-state index is 12.1. The van der Waals surface area contributed by atoms with Gasteiger partial charge in [-0.15, -0.1) is 0 Å². The van der Waals surface area contributed by atoms with E-state index in [9.17, 15) is 9.59 Å². The summed E-state index contributed by atoms with van der Waals surface area (Å²) in [5, 5.41) is 14.7. The van der Waals surface area contributed by atoms with Crippen molar-refractivity contribution < 1.29 is 9.59 Å². The molecule has 2 rings (SSSR count). The number of nitrogens with one attached hydrogen (secondary N) is 2. The monoisotopic (exact) mass is 376 g/mol. The van der Waals surface area contributed by atoms with Crippen molar-refractivity contribution in [2.24, 2.45) is 0 Å². The summed E-state index contributed by atoms with van der Waals surface area (Å²) in [6.45, 7) is -0.150. The van der Waals surface area contributed by atoms with Crippen molar-refractivity contribution in [1.29, 1.82) is 5.26 Å². The van der Waals surface area contributed by atoms with Gasteiger partial charge in [0, 0.05) is 18.4 Å². The summed E-state index contributed by atoms with van der Waals surface area (Å²) in [7, 11) is 1.49. The Morgan fingerprint density at radius 3 is 2.28 bits per heavy atom. The minimum Gasteiger partial charge on any atom is -0.324 e. The van der Waals surface area contributed by atoms with E-state index in [0.29, 0.717) is 27.0 Å². The van der Waals surface area contributed by atoms with Gasteiger partial charge in [-0.2, -0.15) is 5.26 Å². The highest BCUT2D eigenvalue weighted by molar-refractivity contribution is 6.42. The largest absolute Gasteiger partial charge is 0.324 e. The van der Waals surface area contributed by atoms with Gasteiger partial charge in [-0.25, -0.2) is 4.79 Å². The summed E-state index contributed by atoms with van der Waals surface area (Å²) in [5.41, 5.74) is 1.51. The molecule has 0 aromatic heterocycles. The third kappa shape index (κ3) is 5.38. The topological polar surface area (TPSA) is 85.2 Å². The third-order valence-electron chi connectivity index (χ3n) is 3.20. The van der Waals surface area contributed by atoms with Crippen molar-refractivity contribution in [3.8, 4) is 6.07 Å². The van der Waals surface area contributed by atoms with Crippen molar-refractivity contribution in [3.05, 3.63) is 58.1 Å².